The number of aliphatic hydroxyl groups excluding tert-OH is 3. The molecule has 1 aromatic carbocycles. The van der Waals surface area contributed by atoms with E-state index in [0.29, 0.717) is 6.42 Å². The molecule has 0 spiro atoms. The zero-order valence-corrected chi connectivity index (χ0v) is 14.5. The number of hydrogen-bond acceptors (Lipinski definition) is 3. The highest BCUT2D eigenvalue weighted by molar-refractivity contribution is 5.55. The minimum atomic E-state index is -0.869. The smallest absolute Gasteiger partial charge is 0.0983 e. The van der Waals surface area contributed by atoms with Gasteiger partial charge in [0.15, 0.2) is 0 Å². The Hall–Kier alpha value is -1.16. The molecule has 0 aromatic heterocycles. The maximum Gasteiger partial charge on any atom is 0.0983 e. The molecule has 3 heteroatoms. The number of aliphatic hydroxyl groups is 3. The minimum Gasteiger partial charge on any atom is -0.390 e. The van der Waals surface area contributed by atoms with Crippen molar-refractivity contribution in [2.75, 3.05) is 0 Å². The van der Waals surface area contributed by atoms with Crippen LogP contribution >= 0.6 is 0 Å². The van der Waals surface area contributed by atoms with Crippen molar-refractivity contribution in [3.8, 4) is 0 Å². The lowest BCUT2D eigenvalue weighted by molar-refractivity contribution is 0.0422. The van der Waals surface area contributed by atoms with Gasteiger partial charge in [-0.05, 0) is 24.0 Å². The Morgan fingerprint density at radius 3 is 2.30 bits per heavy atom. The Bertz CT molecular complexity index is 456. The number of rotatable bonds is 11. The molecule has 0 fully saturated rings. The monoisotopic (exact) mass is 320 g/mol. The van der Waals surface area contributed by atoms with E-state index in [-0.39, 0.29) is 0 Å². The van der Waals surface area contributed by atoms with Crippen LogP contribution in [0.2, 0.25) is 0 Å². The second kappa shape index (κ2) is 11.4. The highest BCUT2D eigenvalue weighted by Gasteiger charge is 2.14. The molecule has 0 aliphatic carbocycles. The van der Waals surface area contributed by atoms with Crippen LogP contribution in [-0.4, -0.2) is 27.5 Å². The molecule has 3 nitrogen and oxygen atoms in total. The summed E-state index contributed by atoms with van der Waals surface area (Å²) < 4.78 is 0. The van der Waals surface area contributed by atoms with Gasteiger partial charge < -0.3 is 15.3 Å². The molecule has 0 saturated carbocycles. The van der Waals surface area contributed by atoms with Crippen LogP contribution in [0.25, 0.3) is 6.08 Å². The highest BCUT2D eigenvalue weighted by atomic mass is 16.3. The van der Waals surface area contributed by atoms with Crippen LogP contribution in [-0.2, 0) is 0 Å². The third-order valence-corrected chi connectivity index (χ3v) is 4.16. The maximum atomic E-state index is 10.4. The SMILES string of the molecule is CCCCC[C@H](O)c1ccccc1/C=C/[C@@H](O)[C@@H](O)CCCC. The Morgan fingerprint density at radius 2 is 1.61 bits per heavy atom. The molecule has 3 atom stereocenters. The first kappa shape index (κ1) is 19.9. The van der Waals surface area contributed by atoms with Gasteiger partial charge in [-0.2, -0.15) is 0 Å². The van der Waals surface area contributed by atoms with E-state index in [2.05, 4.69) is 13.8 Å². The molecule has 3 N–H and O–H groups in total. The Labute approximate surface area is 140 Å². The topological polar surface area (TPSA) is 60.7 Å². The van der Waals surface area contributed by atoms with E-state index in [9.17, 15) is 15.3 Å². The first-order valence-electron chi connectivity index (χ1n) is 8.91. The van der Waals surface area contributed by atoms with E-state index in [0.717, 1.165) is 49.7 Å². The van der Waals surface area contributed by atoms with E-state index >= 15 is 0 Å². The molecular formula is C20H32O3. The fraction of sp³-hybridized carbons (Fsp3) is 0.600. The average molecular weight is 320 g/mol. The van der Waals surface area contributed by atoms with Gasteiger partial charge in [0.1, 0.15) is 0 Å². The van der Waals surface area contributed by atoms with Crippen LogP contribution in [0.1, 0.15) is 76.0 Å². The van der Waals surface area contributed by atoms with E-state index in [1.165, 1.54) is 0 Å². The second-order valence-electron chi connectivity index (χ2n) is 6.20. The van der Waals surface area contributed by atoms with Crippen molar-refractivity contribution in [1.82, 2.24) is 0 Å². The molecule has 0 aliphatic heterocycles. The third-order valence-electron chi connectivity index (χ3n) is 4.16. The summed E-state index contributed by atoms with van der Waals surface area (Å²) in [5, 5.41) is 30.3. The minimum absolute atomic E-state index is 0.482. The quantitative estimate of drug-likeness (QED) is 0.535. The zero-order valence-electron chi connectivity index (χ0n) is 14.5. The van der Waals surface area contributed by atoms with Crippen molar-refractivity contribution in [2.24, 2.45) is 0 Å². The number of benzene rings is 1. The standard InChI is InChI=1S/C20H32O3/c1-3-5-7-13-18(21)17-11-9-8-10-16(17)14-15-20(23)19(22)12-6-4-2/h8-11,14-15,18-23H,3-7,12-13H2,1-2H3/b15-14+/t18-,19-,20+/m0/s1. The fourth-order valence-corrected chi connectivity index (χ4v) is 2.62. The lowest BCUT2D eigenvalue weighted by Gasteiger charge is -2.16. The van der Waals surface area contributed by atoms with Gasteiger partial charge in [0, 0.05) is 0 Å². The Balaban J connectivity index is 2.70. The summed E-state index contributed by atoms with van der Waals surface area (Å²) in [5.41, 5.74) is 1.79. The van der Waals surface area contributed by atoms with Gasteiger partial charge in [-0.25, -0.2) is 0 Å². The lowest BCUT2D eigenvalue weighted by Crippen LogP contribution is -2.23. The van der Waals surface area contributed by atoms with Gasteiger partial charge in [0.2, 0.25) is 0 Å². The highest BCUT2D eigenvalue weighted by Crippen LogP contribution is 2.24. The Kier molecular flexibility index (Phi) is 9.85. The molecule has 0 bridgehead atoms. The van der Waals surface area contributed by atoms with Crippen LogP contribution in [0.15, 0.2) is 30.3 Å². The summed E-state index contributed by atoms with van der Waals surface area (Å²) in [6.45, 7) is 4.21. The lowest BCUT2D eigenvalue weighted by atomic mass is 9.97. The largest absolute Gasteiger partial charge is 0.390 e. The molecular weight excluding hydrogens is 288 g/mol. The van der Waals surface area contributed by atoms with Gasteiger partial charge >= 0.3 is 0 Å². The third kappa shape index (κ3) is 7.30. The van der Waals surface area contributed by atoms with Gasteiger partial charge in [-0.15, -0.1) is 0 Å². The molecule has 0 radical (unpaired) electrons. The molecule has 130 valence electrons. The summed E-state index contributed by atoms with van der Waals surface area (Å²) in [4.78, 5) is 0. The van der Waals surface area contributed by atoms with Crippen LogP contribution in [0, 0.1) is 0 Å². The number of unbranched alkanes of at least 4 members (excludes halogenated alkanes) is 3. The van der Waals surface area contributed by atoms with Crippen LogP contribution < -0.4 is 0 Å². The van der Waals surface area contributed by atoms with Gasteiger partial charge in [0.25, 0.3) is 0 Å². The summed E-state index contributed by atoms with van der Waals surface area (Å²) in [6, 6.07) is 7.69. The van der Waals surface area contributed by atoms with Crippen molar-refractivity contribution in [3.63, 3.8) is 0 Å². The van der Waals surface area contributed by atoms with Crippen molar-refractivity contribution in [3.05, 3.63) is 41.5 Å². The van der Waals surface area contributed by atoms with Gasteiger partial charge in [-0.3, -0.25) is 0 Å². The predicted octanol–water partition coefficient (Wildman–Crippen LogP) is 4.23. The second-order valence-corrected chi connectivity index (χ2v) is 6.20. The molecule has 0 amide bonds. The fourth-order valence-electron chi connectivity index (χ4n) is 2.62. The van der Waals surface area contributed by atoms with E-state index < -0.39 is 18.3 Å². The van der Waals surface area contributed by atoms with Crippen LogP contribution in [0.3, 0.4) is 0 Å². The van der Waals surface area contributed by atoms with Crippen molar-refractivity contribution in [2.45, 2.75) is 77.1 Å². The predicted molar refractivity (Wildman–Crippen MR) is 96.1 cm³/mol. The molecule has 1 rings (SSSR count). The first-order chi connectivity index (χ1) is 11.1. The first-order valence-corrected chi connectivity index (χ1v) is 8.91. The number of hydrogen-bond donors (Lipinski definition) is 3. The van der Waals surface area contributed by atoms with E-state index in [1.807, 2.05) is 24.3 Å². The molecule has 0 heterocycles. The summed E-state index contributed by atoms with van der Waals surface area (Å²) in [7, 11) is 0. The normalized spacial score (nSPS) is 15.7. The molecule has 23 heavy (non-hydrogen) atoms. The molecule has 1 aromatic rings. The zero-order chi connectivity index (χ0) is 17.1. The van der Waals surface area contributed by atoms with Crippen LogP contribution in [0.4, 0.5) is 0 Å². The van der Waals surface area contributed by atoms with Crippen molar-refractivity contribution < 1.29 is 15.3 Å². The molecule has 0 unspecified atom stereocenters. The average Bonchev–Trinajstić information content (AvgIpc) is 2.57. The van der Waals surface area contributed by atoms with Gasteiger partial charge in [-0.1, -0.05) is 82.4 Å². The van der Waals surface area contributed by atoms with E-state index in [1.54, 1.807) is 12.2 Å². The summed E-state index contributed by atoms with van der Waals surface area (Å²) >= 11 is 0. The van der Waals surface area contributed by atoms with Crippen molar-refractivity contribution in [1.29, 1.82) is 0 Å². The van der Waals surface area contributed by atoms with Gasteiger partial charge in [0.05, 0.1) is 18.3 Å². The van der Waals surface area contributed by atoms with E-state index in [4.69, 9.17) is 0 Å². The molecule has 0 aliphatic rings. The summed E-state index contributed by atoms with van der Waals surface area (Å²) in [5.74, 6) is 0. The molecule has 0 saturated heterocycles. The maximum absolute atomic E-state index is 10.4. The summed E-state index contributed by atoms with van der Waals surface area (Å²) in [6.07, 6.45) is 7.87. The van der Waals surface area contributed by atoms with Crippen molar-refractivity contribution >= 4 is 6.08 Å². The van der Waals surface area contributed by atoms with Crippen LogP contribution in [0.5, 0.6) is 0 Å². The Morgan fingerprint density at radius 1 is 0.913 bits per heavy atom.